The van der Waals surface area contributed by atoms with Crippen LogP contribution in [0.25, 0.3) is 0 Å². The van der Waals surface area contributed by atoms with Crippen LogP contribution in [0.5, 0.6) is 0 Å². The van der Waals surface area contributed by atoms with E-state index in [1.165, 1.54) is 0 Å². The lowest BCUT2D eigenvalue weighted by atomic mass is 10.0. The van der Waals surface area contributed by atoms with Crippen molar-refractivity contribution in [3.8, 4) is 0 Å². The quantitative estimate of drug-likeness (QED) is 0.729. The maximum atomic E-state index is 10.3. The number of ketones is 1. The third-order valence-electron chi connectivity index (χ3n) is 2.13. The highest BCUT2D eigenvalue weighted by Crippen LogP contribution is 2.10. The Labute approximate surface area is 97.7 Å². The fraction of sp³-hybridized carbons (Fsp3) is 0.429. The Morgan fingerprint density at radius 1 is 1.31 bits per heavy atom. The lowest BCUT2D eigenvalue weighted by Crippen LogP contribution is -1.92. The van der Waals surface area contributed by atoms with Gasteiger partial charge in [-0.1, -0.05) is 44.2 Å². The van der Waals surface area contributed by atoms with E-state index in [-0.39, 0.29) is 11.7 Å². The summed E-state index contributed by atoms with van der Waals surface area (Å²) in [5, 5.41) is 0. The van der Waals surface area contributed by atoms with Crippen LogP contribution < -0.4 is 0 Å². The van der Waals surface area contributed by atoms with Crippen molar-refractivity contribution in [1.82, 2.24) is 0 Å². The topological polar surface area (TPSA) is 34.1 Å². The smallest absolute Gasteiger partial charge is 0.129 e. The van der Waals surface area contributed by atoms with Gasteiger partial charge in [0.1, 0.15) is 12.1 Å². The number of hydrogen-bond donors (Lipinski definition) is 0. The molecule has 0 bridgehead atoms. The second kappa shape index (κ2) is 8.84. The summed E-state index contributed by atoms with van der Waals surface area (Å²) in [5.74, 6) is 0.318. The molecule has 1 aromatic rings. The Balaban J connectivity index is 0.000000325. The van der Waals surface area contributed by atoms with Crippen LogP contribution in [0.15, 0.2) is 30.3 Å². The fourth-order valence-corrected chi connectivity index (χ4v) is 1.19. The van der Waals surface area contributed by atoms with Gasteiger partial charge in [0.25, 0.3) is 0 Å². The average Bonchev–Trinajstić information content (AvgIpc) is 2.30. The van der Waals surface area contributed by atoms with Gasteiger partial charge in [-0.3, -0.25) is 0 Å². The van der Waals surface area contributed by atoms with E-state index in [2.05, 4.69) is 0 Å². The molecule has 0 amide bonds. The molecule has 0 unspecified atom stereocenters. The molecule has 0 aliphatic carbocycles. The van der Waals surface area contributed by atoms with E-state index in [0.29, 0.717) is 0 Å². The highest BCUT2D eigenvalue weighted by molar-refractivity contribution is 5.75. The standard InChI is InChI=1S/C9H10O.C5H10O/c1-8(7-10)9-5-3-2-4-6-9;1-3-4-5(2)6/h2-8H,1H3;3-4H2,1-2H3/t8-;/m1./s1. The molecule has 0 spiro atoms. The predicted molar refractivity (Wildman–Crippen MR) is 66.5 cm³/mol. The normalized spacial score (nSPS) is 10.9. The van der Waals surface area contributed by atoms with Gasteiger partial charge in [-0.05, 0) is 18.9 Å². The molecule has 0 aliphatic rings. The van der Waals surface area contributed by atoms with Crippen molar-refractivity contribution in [2.75, 3.05) is 0 Å². The van der Waals surface area contributed by atoms with Gasteiger partial charge in [-0.15, -0.1) is 0 Å². The summed E-state index contributed by atoms with van der Waals surface area (Å²) in [6.45, 7) is 5.51. The maximum Gasteiger partial charge on any atom is 0.129 e. The van der Waals surface area contributed by atoms with E-state index in [1.54, 1.807) is 6.92 Å². The maximum absolute atomic E-state index is 10.3. The van der Waals surface area contributed by atoms with Gasteiger partial charge < -0.3 is 9.59 Å². The SMILES string of the molecule is CCCC(C)=O.C[C@H](C=O)c1ccccc1. The first-order valence-electron chi connectivity index (χ1n) is 5.61. The molecule has 0 aliphatic heterocycles. The van der Waals surface area contributed by atoms with Crippen molar-refractivity contribution >= 4 is 12.1 Å². The second-order valence-corrected chi connectivity index (χ2v) is 3.79. The molecule has 2 heteroatoms. The van der Waals surface area contributed by atoms with Crippen LogP contribution in [-0.2, 0) is 9.59 Å². The molecule has 0 N–H and O–H groups in total. The van der Waals surface area contributed by atoms with Crippen molar-refractivity contribution in [2.45, 2.75) is 39.5 Å². The van der Waals surface area contributed by atoms with Crippen LogP contribution in [-0.4, -0.2) is 12.1 Å². The van der Waals surface area contributed by atoms with Gasteiger partial charge in [0, 0.05) is 12.3 Å². The van der Waals surface area contributed by atoms with E-state index in [9.17, 15) is 9.59 Å². The minimum atomic E-state index is 0.0289. The van der Waals surface area contributed by atoms with Crippen molar-refractivity contribution in [1.29, 1.82) is 0 Å². The van der Waals surface area contributed by atoms with Crippen LogP contribution in [0.2, 0.25) is 0 Å². The Morgan fingerprint density at radius 3 is 2.19 bits per heavy atom. The van der Waals surface area contributed by atoms with E-state index in [4.69, 9.17) is 0 Å². The van der Waals surface area contributed by atoms with E-state index >= 15 is 0 Å². The minimum absolute atomic E-state index is 0.0289. The predicted octanol–water partition coefficient (Wildman–Crippen LogP) is 3.36. The summed E-state index contributed by atoms with van der Waals surface area (Å²) < 4.78 is 0. The summed E-state index contributed by atoms with van der Waals surface area (Å²) in [4.78, 5) is 20.3. The van der Waals surface area contributed by atoms with Gasteiger partial charge in [0.15, 0.2) is 0 Å². The van der Waals surface area contributed by atoms with Crippen molar-refractivity contribution in [3.05, 3.63) is 35.9 Å². The molecule has 0 saturated carbocycles. The molecule has 1 aromatic carbocycles. The number of carbonyl (C=O) groups excluding carboxylic acids is 2. The monoisotopic (exact) mass is 220 g/mol. The van der Waals surface area contributed by atoms with Crippen LogP contribution in [0.4, 0.5) is 0 Å². The molecule has 16 heavy (non-hydrogen) atoms. The number of carbonyl (C=O) groups is 2. The fourth-order valence-electron chi connectivity index (χ4n) is 1.19. The number of Topliss-reactive ketones (excluding diaryl/α,β-unsaturated/α-hetero) is 1. The van der Waals surface area contributed by atoms with Crippen LogP contribution in [0, 0.1) is 0 Å². The highest BCUT2D eigenvalue weighted by atomic mass is 16.1. The number of hydrogen-bond acceptors (Lipinski definition) is 2. The molecule has 0 fully saturated rings. The number of rotatable bonds is 4. The highest BCUT2D eigenvalue weighted by Gasteiger charge is 1.99. The summed E-state index contributed by atoms with van der Waals surface area (Å²) in [6, 6.07) is 9.74. The Hall–Kier alpha value is -1.44. The molecular formula is C14H20O2. The zero-order valence-corrected chi connectivity index (χ0v) is 10.3. The lowest BCUT2D eigenvalue weighted by molar-refractivity contribution is -0.117. The first-order chi connectivity index (χ1) is 7.61. The Bertz CT molecular complexity index is 304. The van der Waals surface area contributed by atoms with Gasteiger partial charge >= 0.3 is 0 Å². The molecule has 0 radical (unpaired) electrons. The van der Waals surface area contributed by atoms with Gasteiger partial charge in [-0.25, -0.2) is 0 Å². The lowest BCUT2D eigenvalue weighted by Gasteiger charge is -2.00. The number of benzene rings is 1. The molecule has 2 nitrogen and oxygen atoms in total. The van der Waals surface area contributed by atoms with Crippen molar-refractivity contribution in [2.24, 2.45) is 0 Å². The second-order valence-electron chi connectivity index (χ2n) is 3.79. The zero-order valence-electron chi connectivity index (χ0n) is 10.3. The van der Waals surface area contributed by atoms with Crippen molar-refractivity contribution in [3.63, 3.8) is 0 Å². The molecular weight excluding hydrogens is 200 g/mol. The van der Waals surface area contributed by atoms with Crippen LogP contribution in [0.3, 0.4) is 0 Å². The van der Waals surface area contributed by atoms with Gasteiger partial charge in [0.2, 0.25) is 0 Å². The summed E-state index contributed by atoms with van der Waals surface area (Å²) in [6.07, 6.45) is 2.67. The van der Waals surface area contributed by atoms with Crippen LogP contribution >= 0.6 is 0 Å². The minimum Gasteiger partial charge on any atom is -0.303 e. The largest absolute Gasteiger partial charge is 0.303 e. The van der Waals surface area contributed by atoms with Crippen LogP contribution in [0.1, 0.15) is 45.1 Å². The van der Waals surface area contributed by atoms with Gasteiger partial charge in [0.05, 0.1) is 0 Å². The summed E-state index contributed by atoms with van der Waals surface area (Å²) in [7, 11) is 0. The first kappa shape index (κ1) is 14.6. The Morgan fingerprint density at radius 2 is 1.88 bits per heavy atom. The van der Waals surface area contributed by atoms with E-state index < -0.39 is 0 Å². The van der Waals surface area contributed by atoms with E-state index in [1.807, 2.05) is 44.2 Å². The zero-order chi connectivity index (χ0) is 12.4. The molecule has 88 valence electrons. The van der Waals surface area contributed by atoms with Crippen molar-refractivity contribution < 1.29 is 9.59 Å². The Kier molecular flexibility index (Phi) is 8.04. The first-order valence-corrected chi connectivity index (χ1v) is 5.61. The summed E-state index contributed by atoms with van der Waals surface area (Å²) >= 11 is 0. The molecule has 0 saturated heterocycles. The van der Waals surface area contributed by atoms with E-state index in [0.717, 1.165) is 24.7 Å². The average molecular weight is 220 g/mol. The molecule has 0 aromatic heterocycles. The summed E-state index contributed by atoms with van der Waals surface area (Å²) in [5.41, 5.74) is 1.08. The molecule has 1 rings (SSSR count). The third-order valence-corrected chi connectivity index (χ3v) is 2.13. The van der Waals surface area contributed by atoms with Gasteiger partial charge in [-0.2, -0.15) is 0 Å². The third kappa shape index (κ3) is 6.93. The number of aldehydes is 1. The molecule has 1 atom stereocenters. The molecule has 0 heterocycles.